The molecule has 0 spiro atoms. The molecule has 1 aliphatic carbocycles. The Morgan fingerprint density at radius 3 is 2.74 bits per heavy atom. The summed E-state index contributed by atoms with van der Waals surface area (Å²) in [5.74, 6) is -0.236. The number of rotatable bonds is 5. The lowest BCUT2D eigenvalue weighted by Gasteiger charge is -2.41. The van der Waals surface area contributed by atoms with Gasteiger partial charge in [0.25, 0.3) is 0 Å². The summed E-state index contributed by atoms with van der Waals surface area (Å²) >= 11 is 0. The molecule has 3 rings (SSSR count). The van der Waals surface area contributed by atoms with Gasteiger partial charge in [0.1, 0.15) is 5.82 Å². The first-order valence-electron chi connectivity index (χ1n) is 8.42. The Kier molecular flexibility index (Phi) is 4.97. The van der Waals surface area contributed by atoms with Gasteiger partial charge in [-0.3, -0.25) is 4.79 Å². The van der Waals surface area contributed by atoms with Crippen LogP contribution in [0.25, 0.3) is 0 Å². The van der Waals surface area contributed by atoms with Crippen molar-refractivity contribution in [3.05, 3.63) is 35.6 Å². The van der Waals surface area contributed by atoms with Crippen LogP contribution < -0.4 is 5.32 Å². The SMILES string of the molecule is O=C(NCC(O)C1CCOCC1)C1(c2cccc(F)c2)CCC1. The van der Waals surface area contributed by atoms with Crippen molar-refractivity contribution < 1.29 is 19.0 Å². The maximum Gasteiger partial charge on any atom is 0.230 e. The molecule has 2 N–H and O–H groups in total. The molecule has 5 heteroatoms. The number of amides is 1. The van der Waals surface area contributed by atoms with Crippen molar-refractivity contribution in [3.8, 4) is 0 Å². The molecule has 1 saturated carbocycles. The van der Waals surface area contributed by atoms with E-state index in [0.717, 1.165) is 37.7 Å². The summed E-state index contributed by atoms with van der Waals surface area (Å²) in [6.07, 6.45) is 3.53. The van der Waals surface area contributed by atoms with Crippen molar-refractivity contribution in [2.24, 2.45) is 5.92 Å². The minimum Gasteiger partial charge on any atom is -0.391 e. The Morgan fingerprint density at radius 2 is 2.13 bits per heavy atom. The molecule has 2 fully saturated rings. The van der Waals surface area contributed by atoms with Gasteiger partial charge in [-0.05, 0) is 49.3 Å². The van der Waals surface area contributed by atoms with E-state index < -0.39 is 11.5 Å². The van der Waals surface area contributed by atoms with E-state index in [1.54, 1.807) is 6.07 Å². The van der Waals surface area contributed by atoms with E-state index in [0.29, 0.717) is 13.2 Å². The third kappa shape index (κ3) is 3.40. The largest absolute Gasteiger partial charge is 0.391 e. The van der Waals surface area contributed by atoms with Gasteiger partial charge in [0.2, 0.25) is 5.91 Å². The highest BCUT2D eigenvalue weighted by Gasteiger charge is 2.45. The lowest BCUT2D eigenvalue weighted by Crippen LogP contribution is -2.51. The standard InChI is InChI=1S/C18H24FNO3/c19-15-4-1-3-14(11-15)18(7-2-8-18)17(22)20-12-16(21)13-5-9-23-10-6-13/h1,3-4,11,13,16,21H,2,5-10,12H2,(H,20,22). The highest BCUT2D eigenvalue weighted by Crippen LogP contribution is 2.44. The van der Waals surface area contributed by atoms with Gasteiger partial charge in [-0.2, -0.15) is 0 Å². The number of aliphatic hydroxyl groups excluding tert-OH is 1. The number of carbonyl (C=O) groups is 1. The summed E-state index contributed by atoms with van der Waals surface area (Å²) in [7, 11) is 0. The van der Waals surface area contributed by atoms with Crippen molar-refractivity contribution in [2.45, 2.75) is 43.6 Å². The molecule has 2 aliphatic rings. The van der Waals surface area contributed by atoms with E-state index in [1.165, 1.54) is 12.1 Å². The second kappa shape index (κ2) is 6.97. The monoisotopic (exact) mass is 321 g/mol. The number of carbonyl (C=O) groups excluding carboxylic acids is 1. The fraction of sp³-hybridized carbons (Fsp3) is 0.611. The topological polar surface area (TPSA) is 58.6 Å². The number of hydrogen-bond donors (Lipinski definition) is 2. The molecule has 23 heavy (non-hydrogen) atoms. The summed E-state index contributed by atoms with van der Waals surface area (Å²) in [6.45, 7) is 1.59. The van der Waals surface area contributed by atoms with Crippen molar-refractivity contribution >= 4 is 5.91 Å². The van der Waals surface area contributed by atoms with E-state index in [2.05, 4.69) is 5.32 Å². The molecular formula is C18H24FNO3. The molecule has 4 nitrogen and oxygen atoms in total. The second-order valence-electron chi connectivity index (χ2n) is 6.67. The molecule has 1 unspecified atom stereocenters. The van der Waals surface area contributed by atoms with Gasteiger partial charge >= 0.3 is 0 Å². The van der Waals surface area contributed by atoms with E-state index in [1.807, 2.05) is 6.07 Å². The maximum absolute atomic E-state index is 13.5. The van der Waals surface area contributed by atoms with Crippen molar-refractivity contribution in [1.29, 1.82) is 0 Å². The normalized spacial score (nSPS) is 22.2. The van der Waals surface area contributed by atoms with Crippen LogP contribution in [-0.2, 0) is 14.9 Å². The minimum atomic E-state index is -0.627. The highest BCUT2D eigenvalue weighted by atomic mass is 19.1. The molecule has 1 atom stereocenters. The maximum atomic E-state index is 13.5. The Morgan fingerprint density at radius 1 is 1.39 bits per heavy atom. The number of halogens is 1. The number of ether oxygens (including phenoxy) is 1. The highest BCUT2D eigenvalue weighted by molar-refractivity contribution is 5.89. The molecule has 0 bridgehead atoms. The lowest BCUT2D eigenvalue weighted by molar-refractivity contribution is -0.130. The third-order valence-electron chi connectivity index (χ3n) is 5.30. The van der Waals surface area contributed by atoms with Gasteiger partial charge in [-0.1, -0.05) is 18.6 Å². The van der Waals surface area contributed by atoms with Crippen molar-refractivity contribution in [1.82, 2.24) is 5.32 Å². The smallest absolute Gasteiger partial charge is 0.230 e. The number of nitrogens with one attached hydrogen (secondary N) is 1. The van der Waals surface area contributed by atoms with Crippen molar-refractivity contribution in [2.75, 3.05) is 19.8 Å². The molecular weight excluding hydrogens is 297 g/mol. The Bertz CT molecular complexity index is 553. The van der Waals surface area contributed by atoms with Crippen molar-refractivity contribution in [3.63, 3.8) is 0 Å². The van der Waals surface area contributed by atoms with Gasteiger partial charge in [-0.25, -0.2) is 4.39 Å². The molecule has 1 heterocycles. The van der Waals surface area contributed by atoms with Gasteiger partial charge in [0.05, 0.1) is 11.5 Å². The van der Waals surface area contributed by atoms with Gasteiger partial charge in [0, 0.05) is 19.8 Å². The minimum absolute atomic E-state index is 0.0968. The predicted molar refractivity (Wildman–Crippen MR) is 84.5 cm³/mol. The van der Waals surface area contributed by atoms with E-state index in [9.17, 15) is 14.3 Å². The summed E-state index contributed by atoms with van der Waals surface area (Å²) in [4.78, 5) is 12.7. The van der Waals surface area contributed by atoms with Crippen LogP contribution in [0, 0.1) is 11.7 Å². The quantitative estimate of drug-likeness (QED) is 0.874. The number of aliphatic hydroxyl groups is 1. The summed E-state index contributed by atoms with van der Waals surface area (Å²) in [6, 6.07) is 6.31. The van der Waals surface area contributed by atoms with Gasteiger partial charge in [-0.15, -0.1) is 0 Å². The van der Waals surface area contributed by atoms with Crippen LogP contribution in [0.2, 0.25) is 0 Å². The second-order valence-corrected chi connectivity index (χ2v) is 6.67. The number of hydrogen-bond acceptors (Lipinski definition) is 3. The Labute approximate surface area is 136 Å². The van der Waals surface area contributed by atoms with Crippen LogP contribution in [-0.4, -0.2) is 36.9 Å². The zero-order chi connectivity index (χ0) is 16.3. The van der Waals surface area contributed by atoms with E-state index in [-0.39, 0.29) is 24.2 Å². The molecule has 0 radical (unpaired) electrons. The van der Waals surface area contributed by atoms with Crippen LogP contribution in [0.1, 0.15) is 37.7 Å². The summed E-state index contributed by atoms with van der Waals surface area (Å²) in [5, 5.41) is 13.2. The molecule has 1 aromatic carbocycles. The van der Waals surface area contributed by atoms with Crippen LogP contribution >= 0.6 is 0 Å². The van der Waals surface area contributed by atoms with Gasteiger partial charge in [0.15, 0.2) is 0 Å². The third-order valence-corrected chi connectivity index (χ3v) is 5.30. The van der Waals surface area contributed by atoms with Crippen LogP contribution in [0.4, 0.5) is 4.39 Å². The average molecular weight is 321 g/mol. The average Bonchev–Trinajstić information content (AvgIpc) is 2.52. The summed E-state index contributed by atoms with van der Waals surface area (Å²) < 4.78 is 18.8. The van der Waals surface area contributed by atoms with E-state index >= 15 is 0 Å². The Balaban J connectivity index is 1.62. The van der Waals surface area contributed by atoms with Gasteiger partial charge < -0.3 is 15.2 Å². The summed E-state index contributed by atoms with van der Waals surface area (Å²) in [5.41, 5.74) is 0.110. The van der Waals surface area contributed by atoms with Crippen LogP contribution in [0.15, 0.2) is 24.3 Å². The van der Waals surface area contributed by atoms with Crippen LogP contribution in [0.5, 0.6) is 0 Å². The zero-order valence-corrected chi connectivity index (χ0v) is 13.3. The lowest BCUT2D eigenvalue weighted by atomic mass is 9.63. The molecule has 1 aromatic rings. The molecule has 1 saturated heterocycles. The molecule has 1 aliphatic heterocycles. The fourth-order valence-electron chi connectivity index (χ4n) is 3.60. The first-order chi connectivity index (χ1) is 11.1. The Hall–Kier alpha value is -1.46. The number of benzene rings is 1. The van der Waals surface area contributed by atoms with Crippen LogP contribution in [0.3, 0.4) is 0 Å². The molecule has 1 amide bonds. The molecule has 126 valence electrons. The first kappa shape index (κ1) is 16.4. The fourth-order valence-corrected chi connectivity index (χ4v) is 3.60. The van der Waals surface area contributed by atoms with E-state index in [4.69, 9.17) is 4.74 Å². The first-order valence-corrected chi connectivity index (χ1v) is 8.42. The predicted octanol–water partition coefficient (Wildman–Crippen LogP) is 2.15. The molecule has 0 aromatic heterocycles. The zero-order valence-electron chi connectivity index (χ0n) is 13.3.